The highest BCUT2D eigenvalue weighted by molar-refractivity contribution is 5.33. The molecule has 0 spiro atoms. The Morgan fingerprint density at radius 1 is 1.16 bits per heavy atom. The molecular formula is C14H19F4N. The molecule has 1 rings (SSSR count). The third-order valence-electron chi connectivity index (χ3n) is 2.91. The van der Waals surface area contributed by atoms with Crippen molar-refractivity contribution in [2.75, 3.05) is 6.54 Å². The van der Waals surface area contributed by atoms with Crippen molar-refractivity contribution >= 4 is 0 Å². The summed E-state index contributed by atoms with van der Waals surface area (Å²) in [5.41, 5.74) is -0.751. The van der Waals surface area contributed by atoms with Gasteiger partial charge in [-0.3, -0.25) is 0 Å². The minimum absolute atomic E-state index is 0.00259. The predicted octanol–water partition coefficient (Wildman–Crippen LogP) is 4.69. The van der Waals surface area contributed by atoms with Gasteiger partial charge in [-0.1, -0.05) is 20.3 Å². The standard InChI is InChI=1S/C14H19F4N/c1-3-5-13(19-8-4-2)11-9-10(15)6-7-12(11)14(16,17)18/h6-7,9,13,19H,3-5,8H2,1-2H3. The molecule has 1 unspecified atom stereocenters. The number of hydrogen-bond donors (Lipinski definition) is 1. The maximum absolute atomic E-state index is 13.3. The van der Waals surface area contributed by atoms with Crippen LogP contribution in [0.5, 0.6) is 0 Å². The summed E-state index contributed by atoms with van der Waals surface area (Å²) in [6, 6.07) is 2.21. The molecule has 1 N–H and O–H groups in total. The van der Waals surface area contributed by atoms with Gasteiger partial charge >= 0.3 is 6.18 Å². The lowest BCUT2D eigenvalue weighted by atomic mass is 9.96. The van der Waals surface area contributed by atoms with Gasteiger partial charge in [0.2, 0.25) is 0 Å². The number of benzene rings is 1. The zero-order chi connectivity index (χ0) is 14.5. The predicted molar refractivity (Wildman–Crippen MR) is 67.3 cm³/mol. The van der Waals surface area contributed by atoms with Gasteiger partial charge in [0.25, 0.3) is 0 Å². The number of rotatable bonds is 6. The smallest absolute Gasteiger partial charge is 0.310 e. The van der Waals surface area contributed by atoms with Gasteiger partial charge in [-0.15, -0.1) is 0 Å². The fourth-order valence-corrected chi connectivity index (χ4v) is 2.05. The minimum Gasteiger partial charge on any atom is -0.310 e. The van der Waals surface area contributed by atoms with Crippen molar-refractivity contribution in [1.82, 2.24) is 5.32 Å². The average molecular weight is 277 g/mol. The Balaban J connectivity index is 3.15. The van der Waals surface area contributed by atoms with Crippen LogP contribution in [0.4, 0.5) is 17.6 Å². The Kier molecular flexibility index (Phi) is 5.79. The van der Waals surface area contributed by atoms with Crippen molar-refractivity contribution in [1.29, 1.82) is 0 Å². The van der Waals surface area contributed by atoms with Crippen LogP contribution >= 0.6 is 0 Å². The van der Waals surface area contributed by atoms with E-state index < -0.39 is 23.6 Å². The molecule has 0 bridgehead atoms. The molecule has 0 saturated carbocycles. The van der Waals surface area contributed by atoms with E-state index >= 15 is 0 Å². The van der Waals surface area contributed by atoms with Crippen LogP contribution in [-0.2, 0) is 6.18 Å². The molecule has 1 nitrogen and oxygen atoms in total. The van der Waals surface area contributed by atoms with Crippen LogP contribution in [0.25, 0.3) is 0 Å². The van der Waals surface area contributed by atoms with E-state index in [2.05, 4.69) is 5.32 Å². The highest BCUT2D eigenvalue weighted by Gasteiger charge is 2.35. The van der Waals surface area contributed by atoms with E-state index in [1.165, 1.54) is 0 Å². The third-order valence-corrected chi connectivity index (χ3v) is 2.91. The molecule has 0 aliphatic carbocycles. The summed E-state index contributed by atoms with van der Waals surface area (Å²) in [7, 11) is 0. The van der Waals surface area contributed by atoms with Crippen molar-refractivity contribution in [3.63, 3.8) is 0 Å². The van der Waals surface area contributed by atoms with Crippen molar-refractivity contribution in [3.8, 4) is 0 Å². The molecule has 0 aromatic heterocycles. The quantitative estimate of drug-likeness (QED) is 0.744. The highest BCUT2D eigenvalue weighted by atomic mass is 19.4. The Morgan fingerprint density at radius 3 is 2.37 bits per heavy atom. The van der Waals surface area contributed by atoms with Crippen molar-refractivity contribution < 1.29 is 17.6 Å². The van der Waals surface area contributed by atoms with E-state index in [1.807, 2.05) is 13.8 Å². The molecule has 0 radical (unpaired) electrons. The zero-order valence-corrected chi connectivity index (χ0v) is 11.1. The molecule has 0 aliphatic heterocycles. The van der Waals surface area contributed by atoms with Crippen molar-refractivity contribution in [2.24, 2.45) is 0 Å². The average Bonchev–Trinajstić information content (AvgIpc) is 2.32. The number of hydrogen-bond acceptors (Lipinski definition) is 1. The summed E-state index contributed by atoms with van der Waals surface area (Å²) in [5, 5.41) is 3.06. The summed E-state index contributed by atoms with van der Waals surface area (Å²) in [4.78, 5) is 0. The molecule has 108 valence electrons. The molecule has 5 heteroatoms. The van der Waals surface area contributed by atoms with Crippen LogP contribution in [0.1, 0.15) is 50.3 Å². The third kappa shape index (κ3) is 4.49. The van der Waals surface area contributed by atoms with Crippen LogP contribution in [0.2, 0.25) is 0 Å². The molecule has 1 atom stereocenters. The summed E-state index contributed by atoms with van der Waals surface area (Å²) < 4.78 is 52.1. The van der Waals surface area contributed by atoms with Gasteiger partial charge in [-0.25, -0.2) is 4.39 Å². The molecule has 1 aromatic rings. The monoisotopic (exact) mass is 277 g/mol. The first-order chi connectivity index (χ1) is 8.90. The zero-order valence-electron chi connectivity index (χ0n) is 11.1. The topological polar surface area (TPSA) is 12.0 Å². The Labute approximate surface area is 111 Å². The summed E-state index contributed by atoms with van der Waals surface area (Å²) in [5.74, 6) is -0.637. The fourth-order valence-electron chi connectivity index (χ4n) is 2.05. The van der Waals surface area contributed by atoms with Gasteiger partial charge in [0.15, 0.2) is 0 Å². The maximum atomic E-state index is 13.3. The Bertz CT molecular complexity index is 401. The summed E-state index contributed by atoms with van der Waals surface area (Å²) in [6.07, 6.45) is -2.36. The van der Waals surface area contributed by atoms with E-state index in [0.717, 1.165) is 31.0 Å². The van der Waals surface area contributed by atoms with Crippen LogP contribution in [0.15, 0.2) is 18.2 Å². The summed E-state index contributed by atoms with van der Waals surface area (Å²) in [6.45, 7) is 4.44. The second kappa shape index (κ2) is 6.89. The van der Waals surface area contributed by atoms with Gasteiger partial charge in [0, 0.05) is 6.04 Å². The van der Waals surface area contributed by atoms with Crippen LogP contribution < -0.4 is 5.32 Å². The molecule has 19 heavy (non-hydrogen) atoms. The van der Waals surface area contributed by atoms with Crippen molar-refractivity contribution in [2.45, 2.75) is 45.3 Å². The summed E-state index contributed by atoms with van der Waals surface area (Å²) >= 11 is 0. The number of alkyl halides is 3. The van der Waals surface area contributed by atoms with E-state index in [0.29, 0.717) is 13.0 Å². The molecule has 0 saturated heterocycles. The lowest BCUT2D eigenvalue weighted by Crippen LogP contribution is -2.25. The Hall–Kier alpha value is -1.10. The molecule has 0 fully saturated rings. The van der Waals surface area contributed by atoms with E-state index in [1.54, 1.807) is 0 Å². The molecular weight excluding hydrogens is 258 g/mol. The first-order valence-corrected chi connectivity index (χ1v) is 6.50. The SMILES string of the molecule is CCCNC(CCC)c1cc(F)ccc1C(F)(F)F. The molecule has 0 aliphatic rings. The largest absolute Gasteiger partial charge is 0.416 e. The normalized spacial score (nSPS) is 13.6. The van der Waals surface area contributed by atoms with Gasteiger partial charge in [-0.05, 0) is 43.1 Å². The van der Waals surface area contributed by atoms with Gasteiger partial charge in [0.1, 0.15) is 5.82 Å². The minimum atomic E-state index is -4.46. The fraction of sp³-hybridized carbons (Fsp3) is 0.571. The van der Waals surface area contributed by atoms with Crippen molar-refractivity contribution in [3.05, 3.63) is 35.1 Å². The first kappa shape index (κ1) is 16.0. The first-order valence-electron chi connectivity index (χ1n) is 6.50. The van der Waals surface area contributed by atoms with Crippen LogP contribution in [0, 0.1) is 5.82 Å². The Morgan fingerprint density at radius 2 is 1.84 bits per heavy atom. The molecule has 0 heterocycles. The van der Waals surface area contributed by atoms with Gasteiger partial charge < -0.3 is 5.32 Å². The van der Waals surface area contributed by atoms with Crippen LogP contribution in [-0.4, -0.2) is 6.54 Å². The van der Waals surface area contributed by atoms with E-state index in [-0.39, 0.29) is 5.56 Å². The highest BCUT2D eigenvalue weighted by Crippen LogP contribution is 2.36. The van der Waals surface area contributed by atoms with E-state index in [4.69, 9.17) is 0 Å². The lowest BCUT2D eigenvalue weighted by Gasteiger charge is -2.22. The second-order valence-corrected chi connectivity index (χ2v) is 4.52. The molecule has 1 aromatic carbocycles. The molecule has 0 amide bonds. The second-order valence-electron chi connectivity index (χ2n) is 4.52. The van der Waals surface area contributed by atoms with E-state index in [9.17, 15) is 17.6 Å². The van der Waals surface area contributed by atoms with Gasteiger partial charge in [-0.2, -0.15) is 13.2 Å². The van der Waals surface area contributed by atoms with Crippen LogP contribution in [0.3, 0.4) is 0 Å². The maximum Gasteiger partial charge on any atom is 0.416 e. The van der Waals surface area contributed by atoms with Gasteiger partial charge in [0.05, 0.1) is 5.56 Å². The lowest BCUT2D eigenvalue weighted by molar-refractivity contribution is -0.138. The number of halogens is 4. The number of nitrogens with one attached hydrogen (secondary N) is 1.